The summed E-state index contributed by atoms with van der Waals surface area (Å²) < 4.78 is 11.2. The molecule has 0 radical (unpaired) electrons. The minimum atomic E-state index is -0.565. The molecule has 2 N–H and O–H groups in total. The van der Waals surface area contributed by atoms with Crippen molar-refractivity contribution in [2.24, 2.45) is 0 Å². The topological polar surface area (TPSA) is 103 Å². The van der Waals surface area contributed by atoms with Gasteiger partial charge in [-0.3, -0.25) is 4.98 Å². The van der Waals surface area contributed by atoms with Gasteiger partial charge in [0, 0.05) is 60.2 Å². The van der Waals surface area contributed by atoms with E-state index >= 15 is 0 Å². The van der Waals surface area contributed by atoms with Crippen LogP contribution in [0.5, 0.6) is 0 Å². The molecule has 204 valence electrons. The maximum absolute atomic E-state index is 12.7. The van der Waals surface area contributed by atoms with Crippen molar-refractivity contribution in [1.29, 1.82) is 0 Å². The normalized spacial score (nSPS) is 14.5. The van der Waals surface area contributed by atoms with Crippen molar-refractivity contribution in [3.05, 3.63) is 59.0 Å². The van der Waals surface area contributed by atoms with Crippen LogP contribution in [0.2, 0.25) is 0 Å². The van der Waals surface area contributed by atoms with Gasteiger partial charge in [0.1, 0.15) is 16.4 Å². The molecular weight excluding hydrogens is 510 g/mol. The summed E-state index contributed by atoms with van der Waals surface area (Å²) >= 11 is 1.67. The molecule has 39 heavy (non-hydrogen) atoms. The van der Waals surface area contributed by atoms with E-state index in [1.165, 1.54) is 4.88 Å². The van der Waals surface area contributed by atoms with Gasteiger partial charge >= 0.3 is 6.09 Å². The molecule has 4 aromatic rings. The first-order chi connectivity index (χ1) is 18.6. The summed E-state index contributed by atoms with van der Waals surface area (Å²) in [7, 11) is 1.75. The minimum absolute atomic E-state index is 0.334. The van der Waals surface area contributed by atoms with Crippen LogP contribution in [0.4, 0.5) is 10.6 Å². The van der Waals surface area contributed by atoms with E-state index < -0.39 is 5.60 Å². The number of carbonyl (C=O) groups is 1. The van der Waals surface area contributed by atoms with E-state index in [1.807, 2.05) is 40.1 Å². The number of nitrogen functional groups attached to an aromatic ring is 1. The molecule has 0 aliphatic carbocycles. The van der Waals surface area contributed by atoms with E-state index in [0.29, 0.717) is 18.3 Å². The van der Waals surface area contributed by atoms with Gasteiger partial charge < -0.3 is 20.1 Å². The molecule has 1 amide bonds. The van der Waals surface area contributed by atoms with E-state index in [-0.39, 0.29) is 6.09 Å². The number of ether oxygens (including phenoxy) is 2. The number of benzene rings is 1. The van der Waals surface area contributed by atoms with Crippen molar-refractivity contribution in [2.75, 3.05) is 26.0 Å². The molecule has 0 atom stereocenters. The summed E-state index contributed by atoms with van der Waals surface area (Å²) in [6.07, 6.45) is 7.00. The third-order valence-electron chi connectivity index (χ3n) is 6.77. The van der Waals surface area contributed by atoms with Crippen LogP contribution in [0.3, 0.4) is 0 Å². The van der Waals surface area contributed by atoms with E-state index in [2.05, 4.69) is 34.2 Å². The number of thiazole rings is 1. The predicted octanol–water partition coefficient (Wildman–Crippen LogP) is 6.57. The highest BCUT2D eigenvalue weighted by Gasteiger charge is 2.27. The lowest BCUT2D eigenvalue weighted by Gasteiger charge is -2.25. The molecule has 1 fully saturated rings. The zero-order chi connectivity index (χ0) is 27.7. The maximum Gasteiger partial charge on any atom is 0.410 e. The summed E-state index contributed by atoms with van der Waals surface area (Å²) in [5.74, 6) is 0.808. The number of fused-ring (bicyclic) bond motifs is 1. The molecule has 1 aliphatic heterocycles. The van der Waals surface area contributed by atoms with Gasteiger partial charge in [-0.25, -0.2) is 14.8 Å². The number of anilines is 1. The van der Waals surface area contributed by atoms with Gasteiger partial charge in [-0.15, -0.1) is 11.3 Å². The highest BCUT2D eigenvalue weighted by molar-refractivity contribution is 7.15. The van der Waals surface area contributed by atoms with Crippen LogP contribution in [0.15, 0.2) is 42.9 Å². The average molecular weight is 546 g/mol. The van der Waals surface area contributed by atoms with Crippen molar-refractivity contribution in [2.45, 2.75) is 58.6 Å². The Morgan fingerprint density at radius 3 is 2.62 bits per heavy atom. The molecule has 4 heterocycles. The van der Waals surface area contributed by atoms with Crippen LogP contribution in [0.1, 0.15) is 55.7 Å². The van der Waals surface area contributed by atoms with Crippen LogP contribution in [-0.4, -0.2) is 51.8 Å². The van der Waals surface area contributed by atoms with Crippen molar-refractivity contribution in [3.8, 4) is 21.7 Å². The number of amides is 1. The number of aromatic nitrogens is 3. The summed E-state index contributed by atoms with van der Waals surface area (Å²) in [4.78, 5) is 29.5. The van der Waals surface area contributed by atoms with Gasteiger partial charge in [0.25, 0.3) is 0 Å². The second-order valence-corrected chi connectivity index (χ2v) is 12.2. The fraction of sp³-hybridized carbons (Fsp3) is 0.400. The first-order valence-electron chi connectivity index (χ1n) is 13.2. The lowest BCUT2D eigenvalue weighted by atomic mass is 9.97. The number of hydrogen-bond donors (Lipinski definition) is 1. The van der Waals surface area contributed by atoms with Crippen LogP contribution in [0, 0.1) is 6.92 Å². The average Bonchev–Trinajstić information content (AvgIpc) is 3.31. The number of rotatable bonds is 5. The number of carbonyl (C=O) groups excluding carboxylic acids is 1. The van der Waals surface area contributed by atoms with Crippen molar-refractivity contribution < 1.29 is 14.3 Å². The molecule has 0 unspecified atom stereocenters. The predicted molar refractivity (Wildman–Crippen MR) is 156 cm³/mol. The molecule has 0 bridgehead atoms. The molecular formula is C30H35N5O3S. The SMILES string of the molecule is Cc1cncc(-c2ccc3c(-c4nc(CN(C)C(=O)OC(C)(C)C)c(C5CCOCC5)s4)cnc(N)c3c2)c1. The third kappa shape index (κ3) is 6.04. The highest BCUT2D eigenvalue weighted by atomic mass is 32.1. The number of hydrogen-bond acceptors (Lipinski definition) is 8. The summed E-state index contributed by atoms with van der Waals surface area (Å²) in [5, 5.41) is 2.74. The molecule has 5 rings (SSSR count). The Hall–Kier alpha value is -3.56. The highest BCUT2D eigenvalue weighted by Crippen LogP contribution is 2.41. The second kappa shape index (κ2) is 10.9. The Balaban J connectivity index is 1.55. The molecule has 8 nitrogen and oxygen atoms in total. The molecule has 1 aliphatic rings. The Bertz CT molecular complexity index is 1500. The Morgan fingerprint density at radius 1 is 1.13 bits per heavy atom. The fourth-order valence-electron chi connectivity index (χ4n) is 4.83. The fourth-order valence-corrected chi connectivity index (χ4v) is 6.09. The number of nitrogens with two attached hydrogens (primary N) is 1. The van der Waals surface area contributed by atoms with Crippen LogP contribution in [-0.2, 0) is 16.0 Å². The van der Waals surface area contributed by atoms with Gasteiger partial charge in [0.05, 0.1) is 12.2 Å². The Kier molecular flexibility index (Phi) is 7.55. The van der Waals surface area contributed by atoms with Gasteiger partial charge in [-0.1, -0.05) is 12.1 Å². The molecule has 9 heteroatoms. The first-order valence-corrected chi connectivity index (χ1v) is 14.0. The van der Waals surface area contributed by atoms with Crippen molar-refractivity contribution in [3.63, 3.8) is 0 Å². The lowest BCUT2D eigenvalue weighted by Crippen LogP contribution is -2.34. The Morgan fingerprint density at radius 2 is 1.90 bits per heavy atom. The maximum atomic E-state index is 12.7. The van der Waals surface area contributed by atoms with Crippen LogP contribution < -0.4 is 5.73 Å². The molecule has 0 spiro atoms. The summed E-state index contributed by atoms with van der Waals surface area (Å²) in [6, 6.07) is 8.35. The van der Waals surface area contributed by atoms with Crippen molar-refractivity contribution >= 4 is 34.0 Å². The molecule has 3 aromatic heterocycles. The van der Waals surface area contributed by atoms with E-state index in [9.17, 15) is 4.79 Å². The number of pyridine rings is 2. The lowest BCUT2D eigenvalue weighted by molar-refractivity contribution is 0.0282. The monoisotopic (exact) mass is 545 g/mol. The molecule has 1 aromatic carbocycles. The minimum Gasteiger partial charge on any atom is -0.444 e. The zero-order valence-corrected chi connectivity index (χ0v) is 24.0. The first kappa shape index (κ1) is 27.0. The van der Waals surface area contributed by atoms with Crippen molar-refractivity contribution in [1.82, 2.24) is 19.9 Å². The van der Waals surface area contributed by atoms with Crippen LogP contribution >= 0.6 is 11.3 Å². The Labute approximate surface area is 233 Å². The summed E-state index contributed by atoms with van der Waals surface area (Å²) in [5.41, 5.74) is 10.8. The van der Waals surface area contributed by atoms with E-state index in [0.717, 1.165) is 69.8 Å². The number of nitrogens with zero attached hydrogens (tertiary/aromatic N) is 4. The van der Waals surface area contributed by atoms with Crippen LogP contribution in [0.25, 0.3) is 32.5 Å². The largest absolute Gasteiger partial charge is 0.444 e. The van der Waals surface area contributed by atoms with Gasteiger partial charge in [0.2, 0.25) is 0 Å². The third-order valence-corrected chi connectivity index (χ3v) is 8.06. The number of aryl methyl sites for hydroxylation is 1. The van der Waals surface area contributed by atoms with Gasteiger partial charge in [-0.2, -0.15) is 0 Å². The summed E-state index contributed by atoms with van der Waals surface area (Å²) in [6.45, 7) is 9.45. The quantitative estimate of drug-likeness (QED) is 0.302. The molecule has 0 saturated carbocycles. The van der Waals surface area contributed by atoms with E-state index in [4.69, 9.17) is 20.2 Å². The standard InChI is InChI=1S/C30H35N5O3S/c1-18-12-21(15-32-14-18)20-6-7-22-23(13-20)27(31)33-16-24(22)28-34-25(17-35(5)29(36)38-30(2,3)4)26(39-28)19-8-10-37-11-9-19/h6-7,12-16,19H,8-11,17H2,1-5H3,(H2,31,33). The van der Waals surface area contributed by atoms with Gasteiger partial charge in [0.15, 0.2) is 0 Å². The zero-order valence-electron chi connectivity index (χ0n) is 23.2. The van der Waals surface area contributed by atoms with E-state index in [1.54, 1.807) is 29.5 Å². The molecule has 1 saturated heterocycles. The smallest absolute Gasteiger partial charge is 0.410 e. The van der Waals surface area contributed by atoms with Gasteiger partial charge in [-0.05, 0) is 75.1 Å². The second-order valence-electron chi connectivity index (χ2n) is 11.1.